The monoisotopic (exact) mass is 564 g/mol. The SMILES string of the molecule is C1=CC2c3cc(-n4c5ccccc5c5ccccc54)ccc3-c3ccccc3N(c3ccnc(-c4ccccc4)n3)C2C=C1. The lowest BCUT2D eigenvalue weighted by molar-refractivity contribution is 0.690. The van der Waals surface area contributed by atoms with E-state index in [4.69, 9.17) is 4.98 Å². The zero-order valence-electron chi connectivity index (χ0n) is 24.0. The van der Waals surface area contributed by atoms with E-state index in [0.717, 1.165) is 22.9 Å². The second-order valence-electron chi connectivity index (χ2n) is 11.4. The highest BCUT2D eigenvalue weighted by molar-refractivity contribution is 6.09. The number of hydrogen-bond donors (Lipinski definition) is 0. The molecule has 5 aromatic carbocycles. The lowest BCUT2D eigenvalue weighted by Crippen LogP contribution is -2.35. The Balaban J connectivity index is 1.26. The Labute approximate surface area is 255 Å². The molecule has 4 nitrogen and oxygen atoms in total. The lowest BCUT2D eigenvalue weighted by atomic mass is 9.84. The molecule has 1 aliphatic carbocycles. The van der Waals surface area contributed by atoms with Crippen LogP contribution >= 0.6 is 0 Å². The van der Waals surface area contributed by atoms with Gasteiger partial charge in [0.1, 0.15) is 5.82 Å². The molecule has 4 heteroatoms. The number of anilines is 2. The number of nitrogens with zero attached hydrogens (tertiary/aromatic N) is 4. The number of benzene rings is 5. The van der Waals surface area contributed by atoms with Gasteiger partial charge in [-0.3, -0.25) is 0 Å². The summed E-state index contributed by atoms with van der Waals surface area (Å²) in [5.74, 6) is 1.73. The average Bonchev–Trinajstić information content (AvgIpc) is 3.37. The fourth-order valence-electron chi connectivity index (χ4n) is 7.10. The van der Waals surface area contributed by atoms with Crippen LogP contribution in [-0.4, -0.2) is 20.6 Å². The van der Waals surface area contributed by atoms with Gasteiger partial charge >= 0.3 is 0 Å². The molecule has 0 N–H and O–H groups in total. The van der Waals surface area contributed by atoms with Crippen molar-refractivity contribution in [2.24, 2.45) is 0 Å². The fourth-order valence-corrected chi connectivity index (χ4v) is 7.10. The molecule has 2 atom stereocenters. The van der Waals surface area contributed by atoms with E-state index in [1.54, 1.807) is 0 Å². The summed E-state index contributed by atoms with van der Waals surface area (Å²) >= 11 is 0. The molecule has 0 fully saturated rings. The van der Waals surface area contributed by atoms with Gasteiger partial charge in [-0.15, -0.1) is 0 Å². The van der Waals surface area contributed by atoms with E-state index in [0.29, 0.717) is 0 Å². The zero-order chi connectivity index (χ0) is 29.0. The van der Waals surface area contributed by atoms with Gasteiger partial charge in [0.2, 0.25) is 0 Å². The summed E-state index contributed by atoms with van der Waals surface area (Å²) in [5.41, 5.74) is 9.51. The Morgan fingerprint density at radius 1 is 0.591 bits per heavy atom. The second-order valence-corrected chi connectivity index (χ2v) is 11.4. The molecule has 3 heterocycles. The van der Waals surface area contributed by atoms with Gasteiger partial charge in [0.05, 0.1) is 22.8 Å². The van der Waals surface area contributed by atoms with E-state index >= 15 is 0 Å². The molecule has 0 saturated carbocycles. The maximum atomic E-state index is 5.14. The van der Waals surface area contributed by atoms with Crippen LogP contribution in [0.15, 0.2) is 158 Å². The zero-order valence-corrected chi connectivity index (χ0v) is 24.0. The molecule has 1 aliphatic heterocycles. The van der Waals surface area contributed by atoms with E-state index in [9.17, 15) is 0 Å². The van der Waals surface area contributed by atoms with Crippen molar-refractivity contribution >= 4 is 33.3 Å². The predicted octanol–water partition coefficient (Wildman–Crippen LogP) is 9.64. The van der Waals surface area contributed by atoms with Gasteiger partial charge in [-0.25, -0.2) is 9.97 Å². The van der Waals surface area contributed by atoms with Crippen LogP contribution in [0.4, 0.5) is 11.5 Å². The fraction of sp³-hybridized carbons (Fsp3) is 0.0500. The molecule has 0 amide bonds. The van der Waals surface area contributed by atoms with Crippen LogP contribution in [-0.2, 0) is 0 Å². The number of para-hydroxylation sites is 3. The Bertz CT molecular complexity index is 2210. The van der Waals surface area contributed by atoms with Gasteiger partial charge in [-0.2, -0.15) is 0 Å². The summed E-state index contributed by atoms with van der Waals surface area (Å²) in [6.07, 6.45) is 10.9. The largest absolute Gasteiger partial charge is 0.318 e. The summed E-state index contributed by atoms with van der Waals surface area (Å²) < 4.78 is 2.41. The summed E-state index contributed by atoms with van der Waals surface area (Å²) in [4.78, 5) is 12.2. The highest BCUT2D eigenvalue weighted by atomic mass is 15.2. The van der Waals surface area contributed by atoms with Crippen molar-refractivity contribution < 1.29 is 0 Å². The van der Waals surface area contributed by atoms with E-state index in [1.807, 2.05) is 30.5 Å². The predicted molar refractivity (Wildman–Crippen MR) is 181 cm³/mol. The average molecular weight is 565 g/mol. The van der Waals surface area contributed by atoms with Crippen molar-refractivity contribution in [2.75, 3.05) is 4.90 Å². The van der Waals surface area contributed by atoms with Crippen LogP contribution in [0, 0.1) is 0 Å². The van der Waals surface area contributed by atoms with Crippen molar-refractivity contribution in [3.63, 3.8) is 0 Å². The highest BCUT2D eigenvalue weighted by Crippen LogP contribution is 2.48. The normalized spacial score (nSPS) is 16.9. The molecule has 2 aromatic heterocycles. The van der Waals surface area contributed by atoms with Crippen molar-refractivity contribution in [2.45, 2.75) is 12.0 Å². The van der Waals surface area contributed by atoms with Gasteiger partial charge in [0, 0.05) is 39.7 Å². The molecule has 2 aliphatic rings. The standard InChI is InChI=1S/C40H28N4/c1-2-12-27(13-3-1)40-41-25-24-39(42-40)44-37-20-10-4-14-30(37)29-23-22-28(26-34(29)33-17-7-11-21-38(33)44)43-35-18-8-5-15-31(35)32-16-6-9-19-36(32)43/h1-26,33,38H. The first-order valence-electron chi connectivity index (χ1n) is 15.1. The van der Waals surface area contributed by atoms with Gasteiger partial charge in [-0.1, -0.05) is 115 Å². The van der Waals surface area contributed by atoms with Crippen LogP contribution in [0.25, 0.3) is 50.0 Å². The third-order valence-corrected chi connectivity index (χ3v) is 9.01. The molecule has 208 valence electrons. The summed E-state index contributed by atoms with van der Waals surface area (Å²) in [6.45, 7) is 0. The number of rotatable bonds is 3. The summed E-state index contributed by atoms with van der Waals surface area (Å²) in [5, 5.41) is 2.54. The first-order valence-corrected chi connectivity index (χ1v) is 15.1. The van der Waals surface area contributed by atoms with Crippen molar-refractivity contribution in [3.05, 3.63) is 163 Å². The van der Waals surface area contributed by atoms with E-state index in [2.05, 4.69) is 142 Å². The minimum atomic E-state index is 0.0364. The van der Waals surface area contributed by atoms with Gasteiger partial charge in [0.15, 0.2) is 5.82 Å². The Hall–Kier alpha value is -5.74. The molecular formula is C40H28N4. The minimum absolute atomic E-state index is 0.0364. The second kappa shape index (κ2) is 9.92. The topological polar surface area (TPSA) is 34.0 Å². The smallest absolute Gasteiger partial charge is 0.161 e. The van der Waals surface area contributed by atoms with E-state index in [1.165, 1.54) is 44.2 Å². The maximum Gasteiger partial charge on any atom is 0.161 e. The number of aromatic nitrogens is 3. The molecule has 9 rings (SSSR count). The third-order valence-electron chi connectivity index (χ3n) is 9.01. The van der Waals surface area contributed by atoms with Crippen molar-refractivity contribution in [1.82, 2.24) is 14.5 Å². The molecule has 0 bridgehead atoms. The van der Waals surface area contributed by atoms with Crippen LogP contribution in [0.5, 0.6) is 0 Å². The van der Waals surface area contributed by atoms with Crippen molar-refractivity contribution in [3.8, 4) is 28.2 Å². The van der Waals surface area contributed by atoms with Crippen LogP contribution in [0.2, 0.25) is 0 Å². The quantitative estimate of drug-likeness (QED) is 0.214. The van der Waals surface area contributed by atoms with E-state index in [-0.39, 0.29) is 12.0 Å². The van der Waals surface area contributed by atoms with Gasteiger partial charge in [-0.05, 0) is 47.5 Å². The van der Waals surface area contributed by atoms with Crippen LogP contribution in [0.3, 0.4) is 0 Å². The van der Waals surface area contributed by atoms with Crippen LogP contribution in [0.1, 0.15) is 11.5 Å². The van der Waals surface area contributed by atoms with Crippen LogP contribution < -0.4 is 4.90 Å². The molecule has 7 aromatic rings. The Morgan fingerprint density at radius 2 is 1.30 bits per heavy atom. The van der Waals surface area contributed by atoms with Crippen molar-refractivity contribution in [1.29, 1.82) is 0 Å². The molecule has 44 heavy (non-hydrogen) atoms. The third kappa shape index (κ3) is 3.78. The first-order chi connectivity index (χ1) is 21.8. The molecule has 0 spiro atoms. The Morgan fingerprint density at radius 3 is 2.11 bits per heavy atom. The summed E-state index contributed by atoms with van der Waals surface area (Å²) in [7, 11) is 0. The van der Waals surface area contributed by atoms with Gasteiger partial charge < -0.3 is 9.47 Å². The summed E-state index contributed by atoms with van der Waals surface area (Å²) in [6, 6.07) is 45.4. The maximum absolute atomic E-state index is 5.14. The molecule has 2 unspecified atom stereocenters. The van der Waals surface area contributed by atoms with Gasteiger partial charge in [0.25, 0.3) is 0 Å². The van der Waals surface area contributed by atoms with E-state index < -0.39 is 0 Å². The molecule has 0 radical (unpaired) electrons. The number of hydrogen-bond acceptors (Lipinski definition) is 3. The lowest BCUT2D eigenvalue weighted by Gasteiger charge is -2.35. The Kier molecular flexibility index (Phi) is 5.60. The number of fused-ring (bicyclic) bond motifs is 8. The molecule has 0 saturated heterocycles. The molecular weight excluding hydrogens is 536 g/mol. The number of allylic oxidation sites excluding steroid dienone is 2. The highest BCUT2D eigenvalue weighted by Gasteiger charge is 2.35. The minimum Gasteiger partial charge on any atom is -0.318 e. The first kappa shape index (κ1) is 24.8.